The van der Waals surface area contributed by atoms with Crippen LogP contribution in [0.4, 0.5) is 6.01 Å². The Morgan fingerprint density at radius 2 is 2.39 bits per heavy atom. The van der Waals surface area contributed by atoms with Crippen molar-refractivity contribution in [1.82, 2.24) is 15.5 Å². The van der Waals surface area contributed by atoms with Gasteiger partial charge in [0.25, 0.3) is 0 Å². The zero-order valence-electron chi connectivity index (χ0n) is 10.2. The lowest BCUT2D eigenvalue weighted by atomic mass is 10.2. The van der Waals surface area contributed by atoms with Crippen molar-refractivity contribution in [2.75, 3.05) is 5.32 Å². The summed E-state index contributed by atoms with van der Waals surface area (Å²) in [6.45, 7) is 2.74. The van der Waals surface area contributed by atoms with Crippen LogP contribution in [0.25, 0.3) is 0 Å². The summed E-state index contributed by atoms with van der Waals surface area (Å²) in [6, 6.07) is 3.41. The van der Waals surface area contributed by atoms with Crippen LogP contribution in [0, 0.1) is 0 Å². The Kier molecular flexibility index (Phi) is 3.29. The van der Waals surface area contributed by atoms with Gasteiger partial charge in [0, 0.05) is 6.04 Å². The van der Waals surface area contributed by atoms with Gasteiger partial charge >= 0.3 is 6.01 Å². The van der Waals surface area contributed by atoms with Gasteiger partial charge in [-0.15, -0.1) is 5.10 Å². The minimum absolute atomic E-state index is 0.181. The Hall–Kier alpha value is -1.40. The molecule has 2 N–H and O–H groups in total. The fourth-order valence-corrected chi connectivity index (χ4v) is 2.45. The van der Waals surface area contributed by atoms with Gasteiger partial charge in [-0.25, -0.2) is 0 Å². The third-order valence-electron chi connectivity index (χ3n) is 2.97. The summed E-state index contributed by atoms with van der Waals surface area (Å²) in [4.78, 5) is 0. The van der Waals surface area contributed by atoms with Gasteiger partial charge in [-0.05, 0) is 42.2 Å². The summed E-state index contributed by atoms with van der Waals surface area (Å²) in [5.41, 5.74) is 1.23. The summed E-state index contributed by atoms with van der Waals surface area (Å²) >= 11 is 1.69. The lowest BCUT2D eigenvalue weighted by Gasteiger charge is -2.09. The van der Waals surface area contributed by atoms with Gasteiger partial charge < -0.3 is 15.1 Å². The van der Waals surface area contributed by atoms with Gasteiger partial charge in [0.2, 0.25) is 5.89 Å². The van der Waals surface area contributed by atoms with E-state index in [0.717, 1.165) is 0 Å². The molecule has 2 heterocycles. The highest BCUT2D eigenvalue weighted by atomic mass is 32.1. The molecule has 6 heteroatoms. The average Bonchev–Trinajstić information content (AvgIpc) is 2.88. The normalized spacial score (nSPS) is 16.7. The second-order valence-corrected chi connectivity index (χ2v) is 5.36. The molecule has 0 spiro atoms. The first-order valence-corrected chi connectivity index (χ1v) is 7.10. The number of hydrogen-bond acceptors (Lipinski definition) is 6. The Morgan fingerprint density at radius 1 is 1.50 bits per heavy atom. The number of aromatic nitrogens is 2. The molecular formula is C12H16N4OS. The molecule has 2 aromatic rings. The summed E-state index contributed by atoms with van der Waals surface area (Å²) in [5.74, 6) is 0.641. The highest BCUT2D eigenvalue weighted by molar-refractivity contribution is 7.07. The molecule has 1 aliphatic rings. The van der Waals surface area contributed by atoms with Crippen LogP contribution in [0.5, 0.6) is 0 Å². The minimum Gasteiger partial charge on any atom is -0.407 e. The zero-order valence-corrected chi connectivity index (χ0v) is 11.0. The molecule has 18 heavy (non-hydrogen) atoms. The van der Waals surface area contributed by atoms with Gasteiger partial charge in [-0.2, -0.15) is 11.3 Å². The third-order valence-corrected chi connectivity index (χ3v) is 3.67. The van der Waals surface area contributed by atoms with Crippen LogP contribution in [0.3, 0.4) is 0 Å². The third kappa shape index (κ3) is 2.88. The first-order valence-electron chi connectivity index (χ1n) is 6.15. The first kappa shape index (κ1) is 11.7. The van der Waals surface area contributed by atoms with Crippen molar-refractivity contribution in [1.29, 1.82) is 0 Å². The van der Waals surface area contributed by atoms with Crippen LogP contribution >= 0.6 is 11.3 Å². The minimum atomic E-state index is 0.181. The molecule has 0 radical (unpaired) electrons. The van der Waals surface area contributed by atoms with Crippen molar-refractivity contribution in [2.45, 2.75) is 38.4 Å². The van der Waals surface area contributed by atoms with E-state index in [0.29, 0.717) is 24.5 Å². The molecule has 0 aliphatic heterocycles. The van der Waals surface area contributed by atoms with Gasteiger partial charge in [0.05, 0.1) is 12.6 Å². The van der Waals surface area contributed by atoms with Crippen LogP contribution in [-0.4, -0.2) is 16.2 Å². The molecule has 0 bridgehead atoms. The van der Waals surface area contributed by atoms with Gasteiger partial charge in [0.15, 0.2) is 0 Å². The number of thiophene rings is 1. The molecule has 96 valence electrons. The standard InChI is InChI=1S/C12H16N4OS/c1-8(9-4-5-18-7-9)14-12-16-15-11(17-12)6-13-10-2-3-10/h4-5,7-8,10,13H,2-3,6H2,1H3,(H,14,16). The molecule has 2 aromatic heterocycles. The lowest BCUT2D eigenvalue weighted by Crippen LogP contribution is -2.15. The largest absolute Gasteiger partial charge is 0.407 e. The van der Waals surface area contributed by atoms with Crippen LogP contribution in [0.1, 0.15) is 37.3 Å². The van der Waals surface area contributed by atoms with Crippen LogP contribution in [-0.2, 0) is 6.54 Å². The Balaban J connectivity index is 1.55. The smallest absolute Gasteiger partial charge is 0.315 e. The lowest BCUT2D eigenvalue weighted by molar-refractivity contribution is 0.473. The maximum atomic E-state index is 5.54. The van der Waals surface area contributed by atoms with Crippen LogP contribution < -0.4 is 10.6 Å². The Bertz CT molecular complexity index is 492. The topological polar surface area (TPSA) is 63.0 Å². The molecule has 1 aliphatic carbocycles. The van der Waals surface area contributed by atoms with E-state index in [2.05, 4.69) is 44.6 Å². The van der Waals surface area contributed by atoms with Crippen molar-refractivity contribution in [3.05, 3.63) is 28.3 Å². The number of hydrogen-bond donors (Lipinski definition) is 2. The van der Waals surface area contributed by atoms with Gasteiger partial charge in [-0.3, -0.25) is 0 Å². The van der Waals surface area contributed by atoms with Crippen LogP contribution in [0.15, 0.2) is 21.2 Å². The van der Waals surface area contributed by atoms with E-state index in [1.807, 2.05) is 0 Å². The fraction of sp³-hybridized carbons (Fsp3) is 0.500. The fourth-order valence-electron chi connectivity index (χ4n) is 1.69. The van der Waals surface area contributed by atoms with Crippen LogP contribution in [0.2, 0.25) is 0 Å². The molecule has 0 amide bonds. The quantitative estimate of drug-likeness (QED) is 0.839. The molecule has 1 unspecified atom stereocenters. The molecule has 1 fully saturated rings. The predicted octanol–water partition coefficient (Wildman–Crippen LogP) is 2.56. The molecule has 1 saturated carbocycles. The number of rotatable bonds is 6. The summed E-state index contributed by atoms with van der Waals surface area (Å²) < 4.78 is 5.54. The molecule has 3 rings (SSSR count). The van der Waals surface area contributed by atoms with Crippen molar-refractivity contribution in [2.24, 2.45) is 0 Å². The van der Waals surface area contributed by atoms with Crippen molar-refractivity contribution >= 4 is 17.4 Å². The van der Waals surface area contributed by atoms with E-state index in [-0.39, 0.29) is 6.04 Å². The molecule has 0 saturated heterocycles. The van der Waals surface area contributed by atoms with Crippen molar-refractivity contribution < 1.29 is 4.42 Å². The van der Waals surface area contributed by atoms with E-state index in [1.54, 1.807) is 11.3 Å². The average molecular weight is 264 g/mol. The summed E-state index contributed by atoms with van der Waals surface area (Å²) in [7, 11) is 0. The van der Waals surface area contributed by atoms with Crippen molar-refractivity contribution in [3.63, 3.8) is 0 Å². The van der Waals surface area contributed by atoms with E-state index >= 15 is 0 Å². The van der Waals surface area contributed by atoms with Gasteiger partial charge in [-0.1, -0.05) is 5.10 Å². The highest BCUT2D eigenvalue weighted by Gasteiger charge is 2.21. The predicted molar refractivity (Wildman–Crippen MR) is 70.5 cm³/mol. The summed E-state index contributed by atoms with van der Waals surface area (Å²) in [6.07, 6.45) is 2.52. The molecule has 0 aromatic carbocycles. The zero-order chi connectivity index (χ0) is 12.4. The monoisotopic (exact) mass is 264 g/mol. The second-order valence-electron chi connectivity index (χ2n) is 4.58. The molecule has 5 nitrogen and oxygen atoms in total. The number of anilines is 1. The van der Waals surface area contributed by atoms with Crippen molar-refractivity contribution in [3.8, 4) is 0 Å². The first-order chi connectivity index (χ1) is 8.81. The SMILES string of the molecule is CC(Nc1nnc(CNC2CC2)o1)c1ccsc1. The van der Waals surface area contributed by atoms with E-state index in [4.69, 9.17) is 4.42 Å². The second kappa shape index (κ2) is 5.07. The summed E-state index contributed by atoms with van der Waals surface area (Å²) in [5, 5.41) is 18.7. The highest BCUT2D eigenvalue weighted by Crippen LogP contribution is 2.21. The maximum absolute atomic E-state index is 5.54. The molecular weight excluding hydrogens is 248 g/mol. The molecule has 1 atom stereocenters. The number of nitrogens with zero attached hydrogens (tertiary/aromatic N) is 2. The maximum Gasteiger partial charge on any atom is 0.315 e. The Morgan fingerprint density at radius 3 is 3.11 bits per heavy atom. The van der Waals surface area contributed by atoms with E-state index in [1.165, 1.54) is 18.4 Å². The Labute approximate surface area is 110 Å². The van der Waals surface area contributed by atoms with Gasteiger partial charge in [0.1, 0.15) is 0 Å². The van der Waals surface area contributed by atoms with E-state index < -0.39 is 0 Å². The number of nitrogens with one attached hydrogen (secondary N) is 2. The van der Waals surface area contributed by atoms with E-state index in [9.17, 15) is 0 Å².